The number of methoxy groups -OCH3 is 1. The number of hydrogen-bond donors (Lipinski definition) is 0. The SMILES string of the molecule is COc1ccc(-c2nn3c(-c4ccccn4)ccnc3c2C)cc1. The Morgan fingerprint density at radius 3 is 2.46 bits per heavy atom. The van der Waals surface area contributed by atoms with Crippen LogP contribution in [0.25, 0.3) is 28.3 Å². The minimum Gasteiger partial charge on any atom is -0.497 e. The largest absolute Gasteiger partial charge is 0.497 e. The summed E-state index contributed by atoms with van der Waals surface area (Å²) < 4.78 is 7.08. The molecule has 5 heteroatoms. The van der Waals surface area contributed by atoms with Crippen molar-refractivity contribution in [3.8, 4) is 28.4 Å². The lowest BCUT2D eigenvalue weighted by Gasteiger charge is -2.03. The molecule has 0 atom stereocenters. The van der Waals surface area contributed by atoms with Gasteiger partial charge in [0, 0.05) is 23.5 Å². The van der Waals surface area contributed by atoms with Gasteiger partial charge in [-0.1, -0.05) is 6.07 Å². The summed E-state index contributed by atoms with van der Waals surface area (Å²) in [5, 5.41) is 4.79. The van der Waals surface area contributed by atoms with Crippen LogP contribution >= 0.6 is 0 Å². The Balaban J connectivity index is 1.91. The molecule has 0 amide bonds. The number of hydrogen-bond acceptors (Lipinski definition) is 4. The van der Waals surface area contributed by atoms with Crippen LogP contribution < -0.4 is 4.74 Å². The first-order valence-electron chi connectivity index (χ1n) is 7.68. The summed E-state index contributed by atoms with van der Waals surface area (Å²) in [7, 11) is 1.66. The first kappa shape index (κ1) is 14.4. The first-order valence-corrected chi connectivity index (χ1v) is 7.68. The van der Waals surface area contributed by atoms with Gasteiger partial charge in [-0.15, -0.1) is 0 Å². The van der Waals surface area contributed by atoms with E-state index in [-0.39, 0.29) is 0 Å². The highest BCUT2D eigenvalue weighted by molar-refractivity contribution is 5.72. The van der Waals surface area contributed by atoms with Crippen molar-refractivity contribution in [2.45, 2.75) is 6.92 Å². The molecule has 0 spiro atoms. The predicted molar refractivity (Wildman–Crippen MR) is 92.9 cm³/mol. The van der Waals surface area contributed by atoms with Gasteiger partial charge in [-0.05, 0) is 49.4 Å². The van der Waals surface area contributed by atoms with E-state index in [1.54, 1.807) is 19.5 Å². The molecule has 1 aromatic carbocycles. The molecule has 3 aromatic heterocycles. The second-order valence-corrected chi connectivity index (χ2v) is 5.48. The van der Waals surface area contributed by atoms with Crippen molar-refractivity contribution in [1.82, 2.24) is 19.6 Å². The van der Waals surface area contributed by atoms with Crippen LogP contribution in [0.3, 0.4) is 0 Å². The summed E-state index contributed by atoms with van der Waals surface area (Å²) in [4.78, 5) is 8.92. The quantitative estimate of drug-likeness (QED) is 0.577. The molecule has 0 saturated carbocycles. The second kappa shape index (κ2) is 5.77. The molecule has 3 heterocycles. The highest BCUT2D eigenvalue weighted by atomic mass is 16.5. The Labute approximate surface area is 139 Å². The molecule has 4 aromatic rings. The van der Waals surface area contributed by atoms with E-state index in [1.165, 1.54) is 0 Å². The van der Waals surface area contributed by atoms with Crippen LogP contribution in [0.2, 0.25) is 0 Å². The summed E-state index contributed by atoms with van der Waals surface area (Å²) in [6.45, 7) is 2.04. The van der Waals surface area contributed by atoms with Gasteiger partial charge in [0.25, 0.3) is 0 Å². The molecule has 0 aliphatic heterocycles. The van der Waals surface area contributed by atoms with Crippen LogP contribution in [0, 0.1) is 6.92 Å². The van der Waals surface area contributed by atoms with E-state index >= 15 is 0 Å². The lowest BCUT2D eigenvalue weighted by Crippen LogP contribution is -1.97. The molecule has 0 radical (unpaired) electrons. The number of fused-ring (bicyclic) bond motifs is 1. The number of ether oxygens (including phenoxy) is 1. The van der Waals surface area contributed by atoms with Gasteiger partial charge < -0.3 is 4.74 Å². The van der Waals surface area contributed by atoms with Crippen molar-refractivity contribution in [2.24, 2.45) is 0 Å². The average Bonchev–Trinajstić information content (AvgIpc) is 2.99. The maximum Gasteiger partial charge on any atom is 0.159 e. The second-order valence-electron chi connectivity index (χ2n) is 5.48. The highest BCUT2D eigenvalue weighted by Gasteiger charge is 2.15. The molecule has 5 nitrogen and oxygen atoms in total. The lowest BCUT2D eigenvalue weighted by atomic mass is 10.1. The Morgan fingerprint density at radius 2 is 1.75 bits per heavy atom. The molecule has 24 heavy (non-hydrogen) atoms. The van der Waals surface area contributed by atoms with Gasteiger partial charge in [-0.25, -0.2) is 9.50 Å². The normalized spacial score (nSPS) is 10.9. The fourth-order valence-corrected chi connectivity index (χ4v) is 2.79. The number of aromatic nitrogens is 4. The molecule has 0 fully saturated rings. The van der Waals surface area contributed by atoms with Gasteiger partial charge in [-0.3, -0.25) is 4.98 Å². The van der Waals surface area contributed by atoms with E-state index in [0.29, 0.717) is 0 Å². The Morgan fingerprint density at radius 1 is 0.917 bits per heavy atom. The molecule has 0 N–H and O–H groups in total. The zero-order valence-corrected chi connectivity index (χ0v) is 13.5. The van der Waals surface area contributed by atoms with Crippen molar-refractivity contribution >= 4 is 5.65 Å². The number of pyridine rings is 1. The van der Waals surface area contributed by atoms with Crippen LogP contribution in [0.1, 0.15) is 5.56 Å². The molecule has 0 unspecified atom stereocenters. The Kier molecular flexibility index (Phi) is 3.46. The fourth-order valence-electron chi connectivity index (χ4n) is 2.79. The molecule has 118 valence electrons. The summed E-state index contributed by atoms with van der Waals surface area (Å²) in [6.07, 6.45) is 3.58. The van der Waals surface area contributed by atoms with Gasteiger partial charge >= 0.3 is 0 Å². The third-order valence-electron chi connectivity index (χ3n) is 4.04. The number of rotatable bonds is 3. The third-order valence-corrected chi connectivity index (χ3v) is 4.04. The van der Waals surface area contributed by atoms with E-state index in [0.717, 1.165) is 39.6 Å². The molecule has 0 aliphatic rings. The van der Waals surface area contributed by atoms with Crippen molar-refractivity contribution in [3.63, 3.8) is 0 Å². The van der Waals surface area contributed by atoms with Crippen LogP contribution in [-0.4, -0.2) is 26.7 Å². The van der Waals surface area contributed by atoms with E-state index in [1.807, 2.05) is 60.0 Å². The van der Waals surface area contributed by atoms with Crippen molar-refractivity contribution < 1.29 is 4.74 Å². The Hall–Kier alpha value is -3.21. The minimum absolute atomic E-state index is 0.826. The van der Waals surface area contributed by atoms with Crippen molar-refractivity contribution in [3.05, 3.63) is 66.5 Å². The molecular formula is C19H16N4O. The fraction of sp³-hybridized carbons (Fsp3) is 0.105. The highest BCUT2D eigenvalue weighted by Crippen LogP contribution is 2.28. The van der Waals surface area contributed by atoms with Gasteiger partial charge in [0.05, 0.1) is 24.2 Å². The molecular weight excluding hydrogens is 300 g/mol. The lowest BCUT2D eigenvalue weighted by molar-refractivity contribution is 0.415. The summed E-state index contributed by atoms with van der Waals surface area (Å²) in [6, 6.07) is 15.7. The maximum absolute atomic E-state index is 5.22. The average molecular weight is 316 g/mol. The van der Waals surface area contributed by atoms with Crippen LogP contribution in [0.4, 0.5) is 0 Å². The summed E-state index contributed by atoms with van der Waals surface area (Å²) in [5.41, 5.74) is 5.61. The first-order chi connectivity index (χ1) is 11.8. The Bertz CT molecular complexity index is 991. The van der Waals surface area contributed by atoms with Crippen LogP contribution in [-0.2, 0) is 0 Å². The predicted octanol–water partition coefficient (Wildman–Crippen LogP) is 3.78. The summed E-state index contributed by atoms with van der Waals surface area (Å²) >= 11 is 0. The smallest absolute Gasteiger partial charge is 0.159 e. The van der Waals surface area contributed by atoms with Gasteiger partial charge in [0.15, 0.2) is 5.65 Å². The van der Waals surface area contributed by atoms with E-state index < -0.39 is 0 Å². The minimum atomic E-state index is 0.826. The molecule has 0 saturated heterocycles. The van der Waals surface area contributed by atoms with Gasteiger partial charge in [-0.2, -0.15) is 5.10 Å². The molecule has 0 bridgehead atoms. The summed E-state index contributed by atoms with van der Waals surface area (Å²) in [5.74, 6) is 0.826. The number of nitrogens with zero attached hydrogens (tertiary/aromatic N) is 4. The third kappa shape index (κ3) is 2.31. The monoisotopic (exact) mass is 316 g/mol. The zero-order chi connectivity index (χ0) is 16.5. The van der Waals surface area contributed by atoms with Crippen LogP contribution in [0.5, 0.6) is 5.75 Å². The van der Waals surface area contributed by atoms with Crippen LogP contribution in [0.15, 0.2) is 60.9 Å². The standard InChI is InChI=1S/C19H16N4O/c1-13-18(14-6-8-15(24-2)9-7-14)22-23-17(10-12-21-19(13)23)16-5-3-4-11-20-16/h3-12H,1-2H3. The topological polar surface area (TPSA) is 52.3 Å². The van der Waals surface area contributed by atoms with E-state index in [2.05, 4.69) is 9.97 Å². The zero-order valence-electron chi connectivity index (χ0n) is 13.5. The van der Waals surface area contributed by atoms with Crippen molar-refractivity contribution in [1.29, 1.82) is 0 Å². The number of aryl methyl sites for hydroxylation is 1. The molecule has 4 rings (SSSR count). The van der Waals surface area contributed by atoms with E-state index in [9.17, 15) is 0 Å². The van der Waals surface area contributed by atoms with Crippen molar-refractivity contribution in [2.75, 3.05) is 7.11 Å². The van der Waals surface area contributed by atoms with E-state index in [4.69, 9.17) is 9.84 Å². The number of benzene rings is 1. The molecule has 0 aliphatic carbocycles. The van der Waals surface area contributed by atoms with Gasteiger partial charge in [0.2, 0.25) is 0 Å². The van der Waals surface area contributed by atoms with Gasteiger partial charge in [0.1, 0.15) is 5.75 Å². The maximum atomic E-state index is 5.22.